The molecule has 1 atom stereocenters. The van der Waals surface area contributed by atoms with Crippen molar-refractivity contribution in [2.45, 2.75) is 39.7 Å². The van der Waals surface area contributed by atoms with Crippen LogP contribution < -0.4 is 10.2 Å². The third-order valence-electron chi connectivity index (χ3n) is 2.32. The van der Waals surface area contributed by atoms with E-state index >= 15 is 0 Å². The lowest BCUT2D eigenvalue weighted by atomic mass is 10.2. The smallest absolute Gasteiger partial charge is 0.281 e. The highest BCUT2D eigenvalue weighted by Gasteiger charge is 2.19. The number of hydrogen-bond acceptors (Lipinski definition) is 3. The summed E-state index contributed by atoms with van der Waals surface area (Å²) < 4.78 is 5.66. The normalized spacial score (nSPS) is 11.6. The number of carbonyl (C=O) groups excluding carboxylic acids is 1. The van der Waals surface area contributed by atoms with Crippen molar-refractivity contribution >= 4 is 23.2 Å². The van der Waals surface area contributed by atoms with Crippen LogP contribution in [0.5, 0.6) is 5.75 Å². The largest absolute Gasteiger partial charge is 0.481 e. The van der Waals surface area contributed by atoms with Crippen molar-refractivity contribution in [3.63, 3.8) is 0 Å². The van der Waals surface area contributed by atoms with Crippen LogP contribution in [-0.2, 0) is 4.79 Å². The summed E-state index contributed by atoms with van der Waals surface area (Å²) in [7, 11) is 0. The first kappa shape index (κ1) is 15.5. The number of nitrogens with zero attached hydrogens (tertiary/aromatic N) is 1. The van der Waals surface area contributed by atoms with Crippen LogP contribution in [-0.4, -0.2) is 17.7 Å². The van der Waals surface area contributed by atoms with Crippen molar-refractivity contribution in [3.05, 3.63) is 29.3 Å². The van der Waals surface area contributed by atoms with E-state index in [1.54, 1.807) is 24.3 Å². The molecule has 4 nitrogen and oxygen atoms in total. The highest BCUT2D eigenvalue weighted by molar-refractivity contribution is 6.30. The zero-order valence-electron chi connectivity index (χ0n) is 11.4. The summed E-state index contributed by atoms with van der Waals surface area (Å²) >= 11 is 5.80. The maximum atomic E-state index is 11.9. The van der Waals surface area contributed by atoms with Crippen LogP contribution >= 0.6 is 11.6 Å². The summed E-state index contributed by atoms with van der Waals surface area (Å²) in [5.74, 6) is 0.383. The molecule has 104 valence electrons. The Kier molecular flexibility index (Phi) is 6.36. The first-order valence-electron chi connectivity index (χ1n) is 6.26. The van der Waals surface area contributed by atoms with Crippen molar-refractivity contribution in [2.75, 3.05) is 0 Å². The standard InChI is InChI=1S/C14H19ClN2O2/c1-4-5-13(14(18)17-16-10(2)3)19-12-8-6-11(15)7-9-12/h6-9,13H,4-5H2,1-3H3,(H,17,18). The molecule has 1 amide bonds. The number of ether oxygens (including phenoxy) is 1. The molecule has 1 aromatic carbocycles. The predicted molar refractivity (Wildman–Crippen MR) is 77.7 cm³/mol. The van der Waals surface area contributed by atoms with Crippen molar-refractivity contribution in [2.24, 2.45) is 5.10 Å². The molecule has 0 bridgehead atoms. The Balaban J connectivity index is 2.69. The number of rotatable bonds is 6. The molecule has 0 heterocycles. The minimum atomic E-state index is -0.547. The zero-order valence-corrected chi connectivity index (χ0v) is 12.2. The van der Waals surface area contributed by atoms with Crippen molar-refractivity contribution in [3.8, 4) is 5.75 Å². The van der Waals surface area contributed by atoms with Gasteiger partial charge in [-0.15, -0.1) is 0 Å². The van der Waals surface area contributed by atoms with E-state index in [4.69, 9.17) is 16.3 Å². The lowest BCUT2D eigenvalue weighted by Crippen LogP contribution is -2.36. The van der Waals surface area contributed by atoms with Gasteiger partial charge in [-0.1, -0.05) is 24.9 Å². The lowest BCUT2D eigenvalue weighted by molar-refractivity contribution is -0.128. The number of benzene rings is 1. The molecule has 0 saturated carbocycles. The maximum absolute atomic E-state index is 11.9. The van der Waals surface area contributed by atoms with Crippen LogP contribution in [0.25, 0.3) is 0 Å². The fourth-order valence-corrected chi connectivity index (χ4v) is 1.55. The van der Waals surface area contributed by atoms with E-state index in [9.17, 15) is 4.79 Å². The Morgan fingerprint density at radius 3 is 2.53 bits per heavy atom. The molecule has 0 aromatic heterocycles. The Morgan fingerprint density at radius 2 is 2.00 bits per heavy atom. The number of halogens is 1. The number of amides is 1. The summed E-state index contributed by atoms with van der Waals surface area (Å²) in [6.45, 7) is 5.63. The Labute approximate surface area is 118 Å². The molecule has 1 unspecified atom stereocenters. The molecule has 0 spiro atoms. The Bertz CT molecular complexity index is 439. The van der Waals surface area contributed by atoms with Crippen LogP contribution in [0.15, 0.2) is 29.4 Å². The number of hydrogen-bond donors (Lipinski definition) is 1. The van der Waals surface area contributed by atoms with Gasteiger partial charge in [0.25, 0.3) is 5.91 Å². The third-order valence-corrected chi connectivity index (χ3v) is 2.58. The average molecular weight is 283 g/mol. The molecule has 1 aromatic rings. The molecule has 0 fully saturated rings. The van der Waals surface area contributed by atoms with E-state index in [0.29, 0.717) is 17.2 Å². The van der Waals surface area contributed by atoms with Gasteiger partial charge >= 0.3 is 0 Å². The highest BCUT2D eigenvalue weighted by Crippen LogP contribution is 2.18. The number of hydrazone groups is 1. The summed E-state index contributed by atoms with van der Waals surface area (Å²) in [6.07, 6.45) is 0.932. The van der Waals surface area contributed by atoms with Crippen LogP contribution in [0.2, 0.25) is 5.02 Å². The fraction of sp³-hybridized carbons (Fsp3) is 0.429. The van der Waals surface area contributed by atoms with E-state index in [2.05, 4.69) is 10.5 Å². The first-order valence-corrected chi connectivity index (χ1v) is 6.63. The molecule has 0 saturated heterocycles. The van der Waals surface area contributed by atoms with E-state index in [1.807, 2.05) is 20.8 Å². The van der Waals surface area contributed by atoms with E-state index in [1.165, 1.54) is 0 Å². The summed E-state index contributed by atoms with van der Waals surface area (Å²) in [4.78, 5) is 11.9. The van der Waals surface area contributed by atoms with Gasteiger partial charge in [-0.25, -0.2) is 5.43 Å². The van der Waals surface area contributed by atoms with E-state index in [0.717, 1.165) is 12.1 Å². The summed E-state index contributed by atoms with van der Waals surface area (Å²) in [5, 5.41) is 4.53. The molecule has 0 aliphatic rings. The minimum absolute atomic E-state index is 0.238. The van der Waals surface area contributed by atoms with Crippen LogP contribution in [0, 0.1) is 0 Å². The van der Waals surface area contributed by atoms with Crippen molar-refractivity contribution in [1.82, 2.24) is 5.43 Å². The summed E-state index contributed by atoms with van der Waals surface area (Å²) in [5.41, 5.74) is 3.28. The van der Waals surface area contributed by atoms with Crippen molar-refractivity contribution in [1.29, 1.82) is 0 Å². The zero-order chi connectivity index (χ0) is 14.3. The first-order chi connectivity index (χ1) is 9.02. The van der Waals surface area contributed by atoms with Gasteiger partial charge in [-0.05, 0) is 44.5 Å². The molecule has 1 N–H and O–H groups in total. The van der Waals surface area contributed by atoms with E-state index < -0.39 is 6.10 Å². The monoisotopic (exact) mass is 282 g/mol. The van der Waals surface area contributed by atoms with Gasteiger partial charge in [0.05, 0.1) is 0 Å². The van der Waals surface area contributed by atoms with Crippen molar-refractivity contribution < 1.29 is 9.53 Å². The topological polar surface area (TPSA) is 50.7 Å². The van der Waals surface area contributed by atoms with Crippen LogP contribution in [0.3, 0.4) is 0 Å². The van der Waals surface area contributed by atoms with Gasteiger partial charge in [0.15, 0.2) is 6.10 Å². The average Bonchev–Trinajstić information content (AvgIpc) is 2.38. The van der Waals surface area contributed by atoms with Gasteiger partial charge < -0.3 is 4.74 Å². The van der Waals surface area contributed by atoms with Gasteiger partial charge in [0.1, 0.15) is 5.75 Å². The Morgan fingerprint density at radius 1 is 1.37 bits per heavy atom. The second-order valence-corrected chi connectivity index (χ2v) is 4.82. The highest BCUT2D eigenvalue weighted by atomic mass is 35.5. The number of nitrogens with one attached hydrogen (secondary N) is 1. The lowest BCUT2D eigenvalue weighted by Gasteiger charge is -2.17. The minimum Gasteiger partial charge on any atom is -0.481 e. The molecule has 0 radical (unpaired) electrons. The quantitative estimate of drug-likeness (QED) is 0.642. The molecular formula is C14H19ClN2O2. The predicted octanol–water partition coefficient (Wildman–Crippen LogP) is 3.40. The molecular weight excluding hydrogens is 264 g/mol. The maximum Gasteiger partial charge on any atom is 0.281 e. The van der Waals surface area contributed by atoms with Gasteiger partial charge in [-0.2, -0.15) is 5.10 Å². The second kappa shape index (κ2) is 7.79. The van der Waals surface area contributed by atoms with Crippen LogP contribution in [0.1, 0.15) is 33.6 Å². The molecule has 0 aliphatic carbocycles. The van der Waals surface area contributed by atoms with Gasteiger partial charge in [0, 0.05) is 10.7 Å². The van der Waals surface area contributed by atoms with Gasteiger partial charge in [0.2, 0.25) is 0 Å². The molecule has 5 heteroatoms. The SMILES string of the molecule is CCCC(Oc1ccc(Cl)cc1)C(=O)NN=C(C)C. The Hall–Kier alpha value is -1.55. The fourth-order valence-electron chi connectivity index (χ4n) is 1.42. The van der Waals surface area contributed by atoms with Crippen LogP contribution in [0.4, 0.5) is 0 Å². The molecule has 0 aliphatic heterocycles. The van der Waals surface area contributed by atoms with Gasteiger partial charge in [-0.3, -0.25) is 4.79 Å². The second-order valence-electron chi connectivity index (χ2n) is 4.38. The number of carbonyl (C=O) groups is 1. The summed E-state index contributed by atoms with van der Waals surface area (Å²) in [6, 6.07) is 6.94. The molecule has 19 heavy (non-hydrogen) atoms. The van der Waals surface area contributed by atoms with E-state index in [-0.39, 0.29) is 5.91 Å². The third kappa shape index (κ3) is 5.75. The molecule has 1 rings (SSSR count).